The Kier molecular flexibility index (Phi) is 9.70. The van der Waals surface area contributed by atoms with Gasteiger partial charge in [-0.2, -0.15) is 0 Å². The zero-order valence-electron chi connectivity index (χ0n) is 24.5. The first-order chi connectivity index (χ1) is 20.0. The summed E-state index contributed by atoms with van der Waals surface area (Å²) in [6, 6.07) is 24.9. The minimum Gasteiger partial charge on any atom is -0.336 e. The number of anilines is 1. The Morgan fingerprint density at radius 1 is 0.561 bits per heavy atom. The van der Waals surface area contributed by atoms with Crippen molar-refractivity contribution in [2.24, 2.45) is 0 Å². The molecule has 3 aromatic rings. The zero-order chi connectivity index (χ0) is 28.6. The molecule has 0 atom stereocenters. The molecule has 2 fully saturated rings. The Hall–Kier alpha value is -3.68. The van der Waals surface area contributed by atoms with Gasteiger partial charge < -0.3 is 15.1 Å². The van der Waals surface area contributed by atoms with Crippen molar-refractivity contribution in [3.63, 3.8) is 0 Å². The molecule has 5 rings (SSSR count). The predicted octanol–water partition coefficient (Wildman–Crippen LogP) is 5.12. The number of hydrogen-bond donors (Lipinski definition) is 1. The second kappa shape index (κ2) is 13.8. The molecule has 2 saturated heterocycles. The maximum absolute atomic E-state index is 13.1. The lowest BCUT2D eigenvalue weighted by Gasteiger charge is -2.35. The summed E-state index contributed by atoms with van der Waals surface area (Å²) < 4.78 is 0. The van der Waals surface area contributed by atoms with E-state index in [0.29, 0.717) is 24.3 Å². The number of benzene rings is 3. The van der Waals surface area contributed by atoms with Gasteiger partial charge in [0.1, 0.15) is 0 Å². The number of piperazine rings is 2. The minimum absolute atomic E-state index is 0.0512. The van der Waals surface area contributed by atoms with Crippen LogP contribution in [0.1, 0.15) is 46.5 Å². The van der Waals surface area contributed by atoms with Gasteiger partial charge >= 0.3 is 6.03 Å². The number of urea groups is 1. The molecule has 0 radical (unpaired) electrons. The van der Waals surface area contributed by atoms with E-state index in [1.54, 1.807) is 0 Å². The first-order valence-corrected chi connectivity index (χ1v) is 15.1. The van der Waals surface area contributed by atoms with E-state index < -0.39 is 0 Å². The number of carbonyl (C=O) groups excluding carboxylic acids is 2. The van der Waals surface area contributed by atoms with Gasteiger partial charge in [-0.15, -0.1) is 0 Å². The lowest BCUT2D eigenvalue weighted by molar-refractivity contribution is 0.0628. The molecule has 0 spiro atoms. The fourth-order valence-electron chi connectivity index (χ4n) is 5.58. The molecule has 0 aliphatic carbocycles. The fourth-order valence-corrected chi connectivity index (χ4v) is 5.58. The molecule has 216 valence electrons. The number of carbonyl (C=O) groups is 2. The van der Waals surface area contributed by atoms with Crippen molar-refractivity contribution in [2.75, 3.05) is 57.7 Å². The summed E-state index contributed by atoms with van der Waals surface area (Å²) in [5, 5.41) is 3.01. The van der Waals surface area contributed by atoms with Gasteiger partial charge in [-0.3, -0.25) is 14.6 Å². The van der Waals surface area contributed by atoms with E-state index in [1.165, 1.54) is 22.3 Å². The Morgan fingerprint density at radius 2 is 0.976 bits per heavy atom. The van der Waals surface area contributed by atoms with Gasteiger partial charge in [0.2, 0.25) is 0 Å². The lowest BCUT2D eigenvalue weighted by Crippen LogP contribution is -2.49. The summed E-state index contributed by atoms with van der Waals surface area (Å²) in [5.74, 6) is 0.0512. The highest BCUT2D eigenvalue weighted by Gasteiger charge is 2.23. The average Bonchev–Trinajstić information content (AvgIpc) is 3.02. The number of hydrogen-bond acceptors (Lipinski definition) is 4. The van der Waals surface area contributed by atoms with Gasteiger partial charge in [0, 0.05) is 76.7 Å². The third-order valence-electron chi connectivity index (χ3n) is 8.38. The molecule has 0 unspecified atom stereocenters. The molecular formula is C34H43N5O2. The van der Waals surface area contributed by atoms with Crippen molar-refractivity contribution in [2.45, 2.75) is 39.8 Å². The zero-order valence-corrected chi connectivity index (χ0v) is 24.5. The number of aryl methyl sites for hydroxylation is 2. The molecular weight excluding hydrogens is 510 g/mol. The molecule has 2 aliphatic rings. The Labute approximate surface area is 244 Å². The van der Waals surface area contributed by atoms with Gasteiger partial charge in [-0.05, 0) is 59.4 Å². The summed E-state index contributed by atoms with van der Waals surface area (Å²) in [5.41, 5.74) is 6.72. The van der Waals surface area contributed by atoms with Gasteiger partial charge in [-0.25, -0.2) is 4.79 Å². The molecule has 0 aromatic heterocycles. The molecule has 1 N–H and O–H groups in total. The predicted molar refractivity (Wildman–Crippen MR) is 165 cm³/mol. The fraction of sp³-hybridized carbons (Fsp3) is 0.412. The van der Waals surface area contributed by atoms with Crippen LogP contribution in [0.25, 0.3) is 0 Å². The van der Waals surface area contributed by atoms with Crippen LogP contribution in [0.5, 0.6) is 0 Å². The van der Waals surface area contributed by atoms with Crippen LogP contribution in [0.3, 0.4) is 0 Å². The number of nitrogens with one attached hydrogen (secondary N) is 1. The van der Waals surface area contributed by atoms with E-state index in [0.717, 1.165) is 65.2 Å². The van der Waals surface area contributed by atoms with Crippen LogP contribution in [0.2, 0.25) is 0 Å². The van der Waals surface area contributed by atoms with Crippen LogP contribution >= 0.6 is 0 Å². The van der Waals surface area contributed by atoms with E-state index in [9.17, 15) is 9.59 Å². The summed E-state index contributed by atoms with van der Waals surface area (Å²) in [6.07, 6.45) is 2.11. The number of nitrogens with zero attached hydrogens (tertiary/aromatic N) is 4. The Balaban J connectivity index is 1.04. The molecule has 0 bridgehead atoms. The SMILES string of the molecule is CCc1ccc(CN2CCN(C(=O)Nc3ccc(C(=O)N4CCN(Cc5ccc(CC)cc5)CC4)cc3)CC2)cc1. The number of rotatable bonds is 8. The third kappa shape index (κ3) is 7.75. The van der Waals surface area contributed by atoms with Crippen molar-refractivity contribution in [1.82, 2.24) is 19.6 Å². The molecule has 3 amide bonds. The van der Waals surface area contributed by atoms with Crippen LogP contribution < -0.4 is 5.32 Å². The molecule has 0 saturated carbocycles. The normalized spacial score (nSPS) is 16.5. The van der Waals surface area contributed by atoms with E-state index >= 15 is 0 Å². The quantitative estimate of drug-likeness (QED) is 0.421. The van der Waals surface area contributed by atoms with Crippen molar-refractivity contribution in [1.29, 1.82) is 0 Å². The second-order valence-corrected chi connectivity index (χ2v) is 11.2. The molecule has 2 aliphatic heterocycles. The lowest BCUT2D eigenvalue weighted by atomic mass is 10.1. The van der Waals surface area contributed by atoms with Gasteiger partial charge in [-0.1, -0.05) is 62.4 Å². The van der Waals surface area contributed by atoms with Crippen molar-refractivity contribution < 1.29 is 9.59 Å². The highest BCUT2D eigenvalue weighted by Crippen LogP contribution is 2.17. The van der Waals surface area contributed by atoms with E-state index in [2.05, 4.69) is 77.5 Å². The first kappa shape index (κ1) is 28.8. The number of amides is 3. The van der Waals surface area contributed by atoms with Gasteiger partial charge in [0.15, 0.2) is 0 Å². The van der Waals surface area contributed by atoms with Crippen molar-refractivity contribution in [3.8, 4) is 0 Å². The van der Waals surface area contributed by atoms with E-state index in [-0.39, 0.29) is 11.9 Å². The summed E-state index contributed by atoms with van der Waals surface area (Å²) in [6.45, 7) is 12.5. The van der Waals surface area contributed by atoms with Crippen LogP contribution in [-0.2, 0) is 25.9 Å². The molecule has 3 aromatic carbocycles. The topological polar surface area (TPSA) is 59.1 Å². The molecule has 2 heterocycles. The van der Waals surface area contributed by atoms with Crippen LogP contribution in [0, 0.1) is 0 Å². The highest BCUT2D eigenvalue weighted by atomic mass is 16.2. The molecule has 7 heteroatoms. The van der Waals surface area contributed by atoms with Crippen LogP contribution in [-0.4, -0.2) is 83.9 Å². The van der Waals surface area contributed by atoms with Crippen molar-refractivity contribution >= 4 is 17.6 Å². The standard InChI is InChI=1S/C34H43N5O2/c1-3-27-5-9-29(10-6-27)25-36-17-21-38(22-18-36)33(40)31-13-15-32(16-14-31)35-34(41)39-23-19-37(20-24-39)26-30-11-7-28(4-2)8-12-30/h5-16H,3-4,17-26H2,1-2H3,(H,35,41). The average molecular weight is 554 g/mol. The summed E-state index contributed by atoms with van der Waals surface area (Å²) in [7, 11) is 0. The maximum atomic E-state index is 13.1. The third-order valence-corrected chi connectivity index (χ3v) is 8.38. The van der Waals surface area contributed by atoms with E-state index in [4.69, 9.17) is 0 Å². The minimum atomic E-state index is -0.0866. The highest BCUT2D eigenvalue weighted by molar-refractivity contribution is 5.95. The first-order valence-electron chi connectivity index (χ1n) is 15.1. The van der Waals surface area contributed by atoms with Gasteiger partial charge in [0.05, 0.1) is 0 Å². The monoisotopic (exact) mass is 553 g/mol. The maximum Gasteiger partial charge on any atom is 0.321 e. The second-order valence-electron chi connectivity index (χ2n) is 11.2. The van der Waals surface area contributed by atoms with E-state index in [1.807, 2.05) is 34.1 Å². The molecule has 7 nitrogen and oxygen atoms in total. The largest absolute Gasteiger partial charge is 0.336 e. The summed E-state index contributed by atoms with van der Waals surface area (Å²) in [4.78, 5) is 34.6. The van der Waals surface area contributed by atoms with Crippen LogP contribution in [0.15, 0.2) is 72.8 Å². The van der Waals surface area contributed by atoms with Crippen LogP contribution in [0.4, 0.5) is 10.5 Å². The summed E-state index contributed by atoms with van der Waals surface area (Å²) >= 11 is 0. The Bertz CT molecular complexity index is 1270. The van der Waals surface area contributed by atoms with Crippen molar-refractivity contribution in [3.05, 3.63) is 101 Å². The Morgan fingerprint density at radius 3 is 1.41 bits per heavy atom. The smallest absolute Gasteiger partial charge is 0.321 e. The molecule has 41 heavy (non-hydrogen) atoms. The van der Waals surface area contributed by atoms with Gasteiger partial charge in [0.25, 0.3) is 5.91 Å².